The predicted octanol–water partition coefficient (Wildman–Crippen LogP) is 3.65. The lowest BCUT2D eigenvalue weighted by molar-refractivity contribution is 0.595. The molecule has 0 atom stereocenters. The molecule has 0 bridgehead atoms. The summed E-state index contributed by atoms with van der Waals surface area (Å²) in [6, 6.07) is 18.1. The van der Waals surface area contributed by atoms with Gasteiger partial charge in [-0.25, -0.2) is 14.4 Å². The molecule has 0 saturated heterocycles. The Kier molecular flexibility index (Phi) is 3.82. The van der Waals surface area contributed by atoms with Gasteiger partial charge >= 0.3 is 0 Å². The second kappa shape index (κ2) is 6.28. The van der Waals surface area contributed by atoms with E-state index in [1.165, 1.54) is 17.0 Å². The zero-order chi connectivity index (χ0) is 17.2. The van der Waals surface area contributed by atoms with E-state index in [2.05, 4.69) is 9.97 Å². The molecule has 4 aromatic rings. The summed E-state index contributed by atoms with van der Waals surface area (Å²) in [5.74, 6) is -0.352. The number of pyridine rings is 1. The average Bonchev–Trinajstić information content (AvgIpc) is 2.66. The van der Waals surface area contributed by atoms with Crippen LogP contribution in [0, 0.1) is 5.82 Å². The summed E-state index contributed by atoms with van der Waals surface area (Å²) < 4.78 is 15.9. The van der Waals surface area contributed by atoms with Crippen molar-refractivity contribution in [2.75, 3.05) is 0 Å². The number of nitrogens with zero attached hydrogens (tertiary/aromatic N) is 3. The minimum Gasteiger partial charge on any atom is -0.293 e. The van der Waals surface area contributed by atoms with Crippen molar-refractivity contribution in [3.8, 4) is 11.1 Å². The van der Waals surface area contributed by atoms with Crippen molar-refractivity contribution in [2.45, 2.75) is 6.54 Å². The summed E-state index contributed by atoms with van der Waals surface area (Å²) in [5.41, 5.74) is 2.71. The molecule has 2 aromatic carbocycles. The van der Waals surface area contributed by atoms with Crippen LogP contribution in [0.5, 0.6) is 0 Å². The zero-order valence-electron chi connectivity index (χ0n) is 13.3. The highest BCUT2D eigenvalue weighted by atomic mass is 19.1. The topological polar surface area (TPSA) is 47.8 Å². The van der Waals surface area contributed by atoms with Gasteiger partial charge in [-0.2, -0.15) is 0 Å². The zero-order valence-corrected chi connectivity index (χ0v) is 13.3. The average molecular weight is 331 g/mol. The van der Waals surface area contributed by atoms with E-state index in [-0.39, 0.29) is 23.4 Å². The molecule has 122 valence electrons. The Balaban J connectivity index is 1.70. The molecule has 2 aromatic heterocycles. The van der Waals surface area contributed by atoms with Crippen LogP contribution in [-0.2, 0) is 6.54 Å². The molecule has 0 unspecified atom stereocenters. The van der Waals surface area contributed by atoms with Crippen LogP contribution in [0.25, 0.3) is 22.2 Å². The van der Waals surface area contributed by atoms with E-state index in [9.17, 15) is 9.18 Å². The molecule has 4 rings (SSSR count). The van der Waals surface area contributed by atoms with Gasteiger partial charge in [0.25, 0.3) is 5.56 Å². The van der Waals surface area contributed by atoms with Crippen LogP contribution in [0.3, 0.4) is 0 Å². The predicted molar refractivity (Wildman–Crippen MR) is 94.7 cm³/mol. The molecule has 5 heteroatoms. The summed E-state index contributed by atoms with van der Waals surface area (Å²) in [5, 5.41) is 0. The van der Waals surface area contributed by atoms with Crippen molar-refractivity contribution in [2.24, 2.45) is 0 Å². The van der Waals surface area contributed by atoms with E-state index in [0.29, 0.717) is 11.1 Å². The van der Waals surface area contributed by atoms with Gasteiger partial charge < -0.3 is 0 Å². The number of halogens is 1. The summed E-state index contributed by atoms with van der Waals surface area (Å²) in [6.45, 7) is 0.110. The Morgan fingerprint density at radius 3 is 2.56 bits per heavy atom. The molecule has 0 aliphatic carbocycles. The van der Waals surface area contributed by atoms with E-state index in [1.807, 2.05) is 36.4 Å². The van der Waals surface area contributed by atoms with Crippen LogP contribution in [-0.4, -0.2) is 14.5 Å². The normalized spacial score (nSPS) is 10.9. The largest absolute Gasteiger partial charge is 0.293 e. The highest BCUT2D eigenvalue weighted by molar-refractivity contribution is 5.72. The second-order valence-electron chi connectivity index (χ2n) is 5.72. The van der Waals surface area contributed by atoms with Crippen molar-refractivity contribution in [1.82, 2.24) is 14.5 Å². The van der Waals surface area contributed by atoms with E-state index < -0.39 is 0 Å². The fourth-order valence-electron chi connectivity index (χ4n) is 2.77. The SMILES string of the molecule is O=c1c2ncccc2ncn1Cc1ccc(-c2ccccc2)cc1F. The van der Waals surface area contributed by atoms with Crippen molar-refractivity contribution in [1.29, 1.82) is 0 Å². The van der Waals surface area contributed by atoms with Crippen LogP contribution < -0.4 is 5.56 Å². The number of hydrogen-bond donors (Lipinski definition) is 0. The van der Waals surface area contributed by atoms with Crippen molar-refractivity contribution in [3.05, 3.63) is 94.9 Å². The third-order valence-corrected chi connectivity index (χ3v) is 4.09. The molecular formula is C20H14FN3O. The van der Waals surface area contributed by atoms with Gasteiger partial charge in [0.15, 0.2) is 5.52 Å². The molecule has 0 saturated carbocycles. The van der Waals surface area contributed by atoms with Crippen molar-refractivity contribution >= 4 is 11.0 Å². The van der Waals surface area contributed by atoms with Gasteiger partial charge in [0.1, 0.15) is 5.82 Å². The fourth-order valence-corrected chi connectivity index (χ4v) is 2.77. The monoisotopic (exact) mass is 331 g/mol. The van der Waals surface area contributed by atoms with E-state index in [1.54, 1.807) is 24.4 Å². The lowest BCUT2D eigenvalue weighted by atomic mass is 10.0. The van der Waals surface area contributed by atoms with E-state index >= 15 is 0 Å². The highest BCUT2D eigenvalue weighted by Crippen LogP contribution is 2.22. The standard InChI is InChI=1S/C20H14FN3O/c21-17-11-15(14-5-2-1-3-6-14)8-9-16(17)12-24-13-23-18-7-4-10-22-19(18)20(24)25/h1-11,13H,12H2. The van der Waals surface area contributed by atoms with Gasteiger partial charge in [-0.3, -0.25) is 9.36 Å². The summed E-state index contributed by atoms with van der Waals surface area (Å²) in [6.07, 6.45) is 2.97. The first-order chi connectivity index (χ1) is 12.2. The molecule has 4 nitrogen and oxygen atoms in total. The van der Waals surface area contributed by atoms with Crippen LogP contribution in [0.2, 0.25) is 0 Å². The van der Waals surface area contributed by atoms with Crippen LogP contribution in [0.4, 0.5) is 4.39 Å². The number of benzene rings is 2. The molecule has 0 fully saturated rings. The quantitative estimate of drug-likeness (QED) is 0.576. The first kappa shape index (κ1) is 15.2. The third-order valence-electron chi connectivity index (χ3n) is 4.09. The lowest BCUT2D eigenvalue weighted by Gasteiger charge is -2.09. The maximum absolute atomic E-state index is 14.5. The Morgan fingerprint density at radius 2 is 1.76 bits per heavy atom. The third kappa shape index (κ3) is 2.92. The van der Waals surface area contributed by atoms with Gasteiger partial charge in [-0.05, 0) is 29.3 Å². The van der Waals surface area contributed by atoms with Crippen molar-refractivity contribution in [3.63, 3.8) is 0 Å². The van der Waals surface area contributed by atoms with E-state index in [4.69, 9.17) is 0 Å². The smallest absolute Gasteiger partial charge is 0.280 e. The van der Waals surface area contributed by atoms with Gasteiger partial charge in [-0.1, -0.05) is 42.5 Å². The number of fused-ring (bicyclic) bond motifs is 1. The van der Waals surface area contributed by atoms with Gasteiger partial charge in [0, 0.05) is 11.8 Å². The second-order valence-corrected chi connectivity index (χ2v) is 5.72. The molecule has 2 heterocycles. The molecule has 0 amide bonds. The molecule has 0 aliphatic rings. The summed E-state index contributed by atoms with van der Waals surface area (Å²) in [7, 11) is 0. The Morgan fingerprint density at radius 1 is 0.920 bits per heavy atom. The lowest BCUT2D eigenvalue weighted by Crippen LogP contribution is -2.22. The molecule has 0 aliphatic heterocycles. The highest BCUT2D eigenvalue weighted by Gasteiger charge is 2.09. The maximum Gasteiger partial charge on any atom is 0.280 e. The Labute approximate surface area is 143 Å². The summed E-state index contributed by atoms with van der Waals surface area (Å²) in [4.78, 5) is 20.8. The molecule has 0 N–H and O–H groups in total. The van der Waals surface area contributed by atoms with E-state index in [0.717, 1.165) is 11.1 Å². The van der Waals surface area contributed by atoms with Crippen molar-refractivity contribution < 1.29 is 4.39 Å². The minimum absolute atomic E-state index is 0.110. The molecule has 0 spiro atoms. The van der Waals surface area contributed by atoms with Gasteiger partial charge in [-0.15, -0.1) is 0 Å². The molecule has 25 heavy (non-hydrogen) atoms. The number of aromatic nitrogens is 3. The molecular weight excluding hydrogens is 317 g/mol. The first-order valence-electron chi connectivity index (χ1n) is 7.86. The van der Waals surface area contributed by atoms with Crippen LogP contribution in [0.15, 0.2) is 78.0 Å². The summed E-state index contributed by atoms with van der Waals surface area (Å²) >= 11 is 0. The maximum atomic E-state index is 14.5. The minimum atomic E-state index is -0.352. The van der Waals surface area contributed by atoms with Gasteiger partial charge in [0.05, 0.1) is 18.4 Å². The first-order valence-corrected chi connectivity index (χ1v) is 7.86. The fraction of sp³-hybridized carbons (Fsp3) is 0.0500. The Hall–Kier alpha value is -3.34. The Bertz CT molecular complexity index is 1110. The molecule has 0 radical (unpaired) electrons. The van der Waals surface area contributed by atoms with Crippen LogP contribution >= 0.6 is 0 Å². The number of rotatable bonds is 3. The van der Waals surface area contributed by atoms with Gasteiger partial charge in [0.2, 0.25) is 0 Å². The number of hydrogen-bond acceptors (Lipinski definition) is 3. The van der Waals surface area contributed by atoms with Crippen LogP contribution in [0.1, 0.15) is 5.56 Å².